The molecule has 0 bridgehead atoms. The van der Waals surface area contributed by atoms with Gasteiger partial charge in [0.25, 0.3) is 5.91 Å². The zero-order valence-corrected chi connectivity index (χ0v) is 17.2. The van der Waals surface area contributed by atoms with Gasteiger partial charge in [0.15, 0.2) is 0 Å². The largest absolute Gasteiger partial charge is 0.497 e. The van der Waals surface area contributed by atoms with Gasteiger partial charge in [0.1, 0.15) is 11.8 Å². The molecule has 0 spiro atoms. The van der Waals surface area contributed by atoms with Crippen LogP contribution in [-0.2, 0) is 17.8 Å². The molecule has 152 valence electrons. The molecular formula is C24H21ClN2O3. The van der Waals surface area contributed by atoms with E-state index in [1.165, 1.54) is 0 Å². The van der Waals surface area contributed by atoms with Gasteiger partial charge in [-0.1, -0.05) is 48.0 Å². The molecule has 5 nitrogen and oxygen atoms in total. The molecule has 4 rings (SSSR count). The lowest BCUT2D eigenvalue weighted by Gasteiger charge is -2.36. The first-order valence-electron chi connectivity index (χ1n) is 9.64. The molecule has 2 amide bonds. The van der Waals surface area contributed by atoms with Crippen molar-refractivity contribution in [2.45, 2.75) is 19.0 Å². The lowest BCUT2D eigenvalue weighted by molar-refractivity contribution is -0.121. The van der Waals surface area contributed by atoms with Crippen molar-refractivity contribution in [1.29, 1.82) is 0 Å². The summed E-state index contributed by atoms with van der Waals surface area (Å²) in [5, 5.41) is 3.29. The van der Waals surface area contributed by atoms with Gasteiger partial charge >= 0.3 is 0 Å². The summed E-state index contributed by atoms with van der Waals surface area (Å²) in [5.41, 5.74) is 3.13. The van der Waals surface area contributed by atoms with Crippen LogP contribution in [0.4, 0.5) is 5.69 Å². The standard InChI is InChI=1S/C24H21ClN2O3/c1-30-19-12-10-18(11-13-19)26-23(28)22-14-16-6-2-3-7-17(16)15-27(22)24(29)20-8-4-5-9-21(20)25/h2-13,22H,14-15H2,1H3,(H,26,28). The van der Waals surface area contributed by atoms with Gasteiger partial charge in [-0.2, -0.15) is 0 Å². The Morgan fingerprint density at radius 1 is 0.967 bits per heavy atom. The summed E-state index contributed by atoms with van der Waals surface area (Å²) in [6, 6.07) is 21.2. The van der Waals surface area contributed by atoms with E-state index >= 15 is 0 Å². The third-order valence-electron chi connectivity index (χ3n) is 5.27. The van der Waals surface area contributed by atoms with Crippen molar-refractivity contribution in [2.24, 2.45) is 0 Å². The second-order valence-electron chi connectivity index (χ2n) is 7.12. The van der Waals surface area contributed by atoms with Gasteiger partial charge < -0.3 is 15.0 Å². The minimum absolute atomic E-state index is 0.241. The van der Waals surface area contributed by atoms with Gasteiger partial charge in [-0.3, -0.25) is 9.59 Å². The smallest absolute Gasteiger partial charge is 0.256 e. The zero-order valence-electron chi connectivity index (χ0n) is 16.5. The first-order valence-corrected chi connectivity index (χ1v) is 10.0. The van der Waals surface area contributed by atoms with Crippen LogP contribution in [0, 0.1) is 0 Å². The van der Waals surface area contributed by atoms with E-state index in [4.69, 9.17) is 16.3 Å². The summed E-state index contributed by atoms with van der Waals surface area (Å²) >= 11 is 6.26. The van der Waals surface area contributed by atoms with E-state index in [-0.39, 0.29) is 11.8 Å². The fourth-order valence-corrected chi connectivity index (χ4v) is 3.88. The number of hydrogen-bond donors (Lipinski definition) is 1. The van der Waals surface area contributed by atoms with E-state index in [0.717, 1.165) is 11.1 Å². The zero-order chi connectivity index (χ0) is 21.1. The second-order valence-corrected chi connectivity index (χ2v) is 7.53. The van der Waals surface area contributed by atoms with Crippen LogP contribution >= 0.6 is 11.6 Å². The number of carbonyl (C=O) groups is 2. The molecule has 0 fully saturated rings. The van der Waals surface area contributed by atoms with Crippen LogP contribution in [0.5, 0.6) is 5.75 Å². The Morgan fingerprint density at radius 2 is 1.63 bits per heavy atom. The molecule has 3 aromatic carbocycles. The number of anilines is 1. The Labute approximate surface area is 180 Å². The van der Waals surface area contributed by atoms with Gasteiger partial charge in [0.05, 0.1) is 17.7 Å². The molecule has 3 aromatic rings. The molecule has 1 unspecified atom stereocenters. The number of nitrogens with zero attached hydrogens (tertiary/aromatic N) is 1. The highest BCUT2D eigenvalue weighted by atomic mass is 35.5. The van der Waals surface area contributed by atoms with E-state index in [1.807, 2.05) is 24.3 Å². The average Bonchev–Trinajstić information content (AvgIpc) is 2.78. The fraction of sp³-hybridized carbons (Fsp3) is 0.167. The first-order chi connectivity index (χ1) is 14.6. The Hall–Kier alpha value is -3.31. The van der Waals surface area contributed by atoms with Crippen molar-refractivity contribution in [1.82, 2.24) is 4.90 Å². The monoisotopic (exact) mass is 420 g/mol. The Morgan fingerprint density at radius 3 is 2.33 bits per heavy atom. The van der Waals surface area contributed by atoms with Crippen molar-refractivity contribution in [3.8, 4) is 5.75 Å². The van der Waals surface area contributed by atoms with E-state index in [2.05, 4.69) is 5.32 Å². The Kier molecular flexibility index (Phi) is 5.72. The predicted octanol–water partition coefficient (Wildman–Crippen LogP) is 4.55. The average molecular weight is 421 g/mol. The third kappa shape index (κ3) is 4.02. The predicted molar refractivity (Wildman–Crippen MR) is 117 cm³/mol. The maximum atomic E-state index is 13.3. The molecule has 1 N–H and O–H groups in total. The number of hydrogen-bond acceptors (Lipinski definition) is 3. The van der Waals surface area contributed by atoms with Gasteiger partial charge in [-0.05, 0) is 47.5 Å². The third-order valence-corrected chi connectivity index (χ3v) is 5.60. The summed E-state index contributed by atoms with van der Waals surface area (Å²) in [6.45, 7) is 0.348. The minimum atomic E-state index is -0.647. The Balaban J connectivity index is 1.64. The highest BCUT2D eigenvalue weighted by molar-refractivity contribution is 6.33. The number of rotatable bonds is 4. The highest BCUT2D eigenvalue weighted by Gasteiger charge is 2.35. The lowest BCUT2D eigenvalue weighted by atomic mass is 9.92. The molecule has 6 heteroatoms. The minimum Gasteiger partial charge on any atom is -0.497 e. The molecule has 1 aliphatic heterocycles. The van der Waals surface area contributed by atoms with Crippen LogP contribution in [0.2, 0.25) is 5.02 Å². The molecule has 30 heavy (non-hydrogen) atoms. The molecule has 0 saturated carbocycles. The van der Waals surface area contributed by atoms with Crippen LogP contribution in [0.15, 0.2) is 72.8 Å². The number of nitrogens with one attached hydrogen (secondary N) is 1. The number of amides is 2. The molecule has 1 atom stereocenters. The van der Waals surface area contributed by atoms with Crippen LogP contribution < -0.4 is 10.1 Å². The van der Waals surface area contributed by atoms with Gasteiger partial charge in [-0.15, -0.1) is 0 Å². The lowest BCUT2D eigenvalue weighted by Crippen LogP contribution is -2.50. The van der Waals surface area contributed by atoms with Crippen LogP contribution in [0.1, 0.15) is 21.5 Å². The second kappa shape index (κ2) is 8.59. The summed E-state index contributed by atoms with van der Waals surface area (Å²) in [6.07, 6.45) is 0.439. The summed E-state index contributed by atoms with van der Waals surface area (Å²) < 4.78 is 5.16. The first kappa shape index (κ1) is 20.0. The molecule has 0 aliphatic carbocycles. The number of fused-ring (bicyclic) bond motifs is 1. The normalized spacial score (nSPS) is 15.3. The van der Waals surface area contributed by atoms with Crippen molar-refractivity contribution in [3.05, 3.63) is 94.5 Å². The van der Waals surface area contributed by atoms with E-state index < -0.39 is 6.04 Å². The fourth-order valence-electron chi connectivity index (χ4n) is 3.66. The van der Waals surface area contributed by atoms with E-state index in [0.29, 0.717) is 35.0 Å². The van der Waals surface area contributed by atoms with Crippen LogP contribution in [0.25, 0.3) is 0 Å². The Bertz CT molecular complexity index is 1080. The number of halogens is 1. The van der Waals surface area contributed by atoms with Crippen molar-refractivity contribution in [2.75, 3.05) is 12.4 Å². The molecule has 0 saturated heterocycles. The van der Waals surface area contributed by atoms with E-state index in [9.17, 15) is 9.59 Å². The number of benzene rings is 3. The van der Waals surface area contributed by atoms with E-state index in [1.54, 1.807) is 60.5 Å². The SMILES string of the molecule is COc1ccc(NC(=O)C2Cc3ccccc3CN2C(=O)c2ccccc2Cl)cc1. The number of carbonyl (C=O) groups excluding carboxylic acids is 2. The summed E-state index contributed by atoms with van der Waals surface area (Å²) in [5.74, 6) is 0.204. The molecule has 0 aromatic heterocycles. The summed E-state index contributed by atoms with van der Waals surface area (Å²) in [7, 11) is 1.59. The van der Waals surface area contributed by atoms with Gasteiger partial charge in [0.2, 0.25) is 5.91 Å². The summed E-state index contributed by atoms with van der Waals surface area (Å²) in [4.78, 5) is 28.1. The topological polar surface area (TPSA) is 58.6 Å². The van der Waals surface area contributed by atoms with Crippen LogP contribution in [0.3, 0.4) is 0 Å². The highest BCUT2D eigenvalue weighted by Crippen LogP contribution is 2.28. The molecule has 1 heterocycles. The van der Waals surface area contributed by atoms with Gasteiger partial charge in [-0.25, -0.2) is 0 Å². The number of ether oxygens (including phenoxy) is 1. The van der Waals surface area contributed by atoms with Crippen LogP contribution in [-0.4, -0.2) is 29.9 Å². The van der Waals surface area contributed by atoms with Crippen molar-refractivity contribution in [3.63, 3.8) is 0 Å². The quantitative estimate of drug-likeness (QED) is 0.673. The molecule has 1 aliphatic rings. The maximum absolute atomic E-state index is 13.3. The molecule has 0 radical (unpaired) electrons. The maximum Gasteiger partial charge on any atom is 0.256 e. The molecular weight excluding hydrogens is 400 g/mol. The van der Waals surface area contributed by atoms with Crippen molar-refractivity contribution < 1.29 is 14.3 Å². The number of methoxy groups -OCH3 is 1. The van der Waals surface area contributed by atoms with Crippen molar-refractivity contribution >= 4 is 29.1 Å². The van der Waals surface area contributed by atoms with Gasteiger partial charge in [0, 0.05) is 18.7 Å².